The second-order valence-electron chi connectivity index (χ2n) is 7.81. The predicted molar refractivity (Wildman–Crippen MR) is 76.5 cm³/mol. The minimum absolute atomic E-state index is 0.0335. The Bertz CT molecular complexity index is 442. The third-order valence-electron chi connectivity index (χ3n) is 6.04. The van der Waals surface area contributed by atoms with Crippen molar-refractivity contribution in [1.82, 2.24) is 9.80 Å². The maximum Gasteiger partial charge on any atom is 0.260 e. The van der Waals surface area contributed by atoms with Crippen LogP contribution in [0.15, 0.2) is 0 Å². The lowest BCUT2D eigenvalue weighted by Crippen LogP contribution is -2.71. The maximum absolute atomic E-state index is 14.3. The van der Waals surface area contributed by atoms with E-state index in [0.717, 1.165) is 31.8 Å². The van der Waals surface area contributed by atoms with Crippen LogP contribution in [-0.4, -0.2) is 64.8 Å². The lowest BCUT2D eigenvalue weighted by molar-refractivity contribution is -0.163. The van der Waals surface area contributed by atoms with Gasteiger partial charge in [0.25, 0.3) is 5.91 Å². The molecule has 2 heterocycles. The van der Waals surface area contributed by atoms with E-state index >= 15 is 0 Å². The highest BCUT2D eigenvalue weighted by atomic mass is 19.1. The molecule has 4 aliphatic rings. The van der Waals surface area contributed by atoms with Gasteiger partial charge in [-0.1, -0.05) is 0 Å². The third-order valence-corrected chi connectivity index (χ3v) is 6.04. The average Bonchev–Trinajstić information content (AvgIpc) is 3.12. The Morgan fingerprint density at radius 1 is 1.24 bits per heavy atom. The highest BCUT2D eigenvalue weighted by molar-refractivity contribution is 5.87. The topological polar surface area (TPSA) is 43.8 Å². The number of aliphatic hydroxyl groups excluding tert-OH is 1. The first-order valence-electron chi connectivity index (χ1n) is 8.39. The van der Waals surface area contributed by atoms with E-state index in [0.29, 0.717) is 31.8 Å². The van der Waals surface area contributed by atoms with Gasteiger partial charge in [-0.25, -0.2) is 4.39 Å². The summed E-state index contributed by atoms with van der Waals surface area (Å²) >= 11 is 0. The Morgan fingerprint density at radius 2 is 1.95 bits per heavy atom. The number of hydrogen-bond acceptors (Lipinski definition) is 3. The van der Waals surface area contributed by atoms with Crippen molar-refractivity contribution >= 4 is 5.91 Å². The first-order valence-corrected chi connectivity index (χ1v) is 8.39. The zero-order chi connectivity index (χ0) is 14.7. The number of carbonyl (C=O) groups excluding carboxylic acids is 1. The van der Waals surface area contributed by atoms with Crippen molar-refractivity contribution in [3.05, 3.63) is 0 Å². The van der Waals surface area contributed by atoms with Crippen molar-refractivity contribution in [3.63, 3.8) is 0 Å². The van der Waals surface area contributed by atoms with Crippen LogP contribution in [0.4, 0.5) is 4.39 Å². The number of nitrogens with zero attached hydrogens (tertiary/aromatic N) is 2. The molecule has 1 N–H and O–H groups in total. The first-order chi connectivity index (χ1) is 10.0. The lowest BCUT2D eigenvalue weighted by Gasteiger charge is -2.55. The van der Waals surface area contributed by atoms with E-state index < -0.39 is 5.67 Å². The summed E-state index contributed by atoms with van der Waals surface area (Å²) in [7, 11) is 0. The third kappa shape index (κ3) is 2.20. The Kier molecular flexibility index (Phi) is 3.09. The number of amides is 1. The van der Waals surface area contributed by atoms with Crippen LogP contribution in [0.1, 0.15) is 38.5 Å². The summed E-state index contributed by atoms with van der Waals surface area (Å²) in [6.07, 6.45) is 5.22. The van der Waals surface area contributed by atoms with E-state index in [4.69, 9.17) is 0 Å². The van der Waals surface area contributed by atoms with Gasteiger partial charge in [-0.2, -0.15) is 0 Å². The van der Waals surface area contributed by atoms with E-state index in [-0.39, 0.29) is 18.1 Å². The van der Waals surface area contributed by atoms with Crippen molar-refractivity contribution in [2.75, 3.05) is 32.8 Å². The van der Waals surface area contributed by atoms with Gasteiger partial charge in [-0.15, -0.1) is 0 Å². The fraction of sp³-hybridized carbons (Fsp3) is 0.938. The molecule has 2 saturated carbocycles. The smallest absolute Gasteiger partial charge is 0.260 e. The average molecular weight is 296 g/mol. The first kappa shape index (κ1) is 13.9. The molecule has 0 aromatic rings. The molecule has 21 heavy (non-hydrogen) atoms. The molecule has 0 aromatic heterocycles. The molecule has 0 bridgehead atoms. The van der Waals surface area contributed by atoms with Crippen LogP contribution in [-0.2, 0) is 4.79 Å². The molecule has 1 atom stereocenters. The molecule has 1 amide bonds. The molecule has 0 aromatic carbocycles. The van der Waals surface area contributed by atoms with Crippen LogP contribution in [0.25, 0.3) is 0 Å². The van der Waals surface area contributed by atoms with Gasteiger partial charge in [0, 0.05) is 32.8 Å². The van der Waals surface area contributed by atoms with Crippen LogP contribution in [0.5, 0.6) is 0 Å². The van der Waals surface area contributed by atoms with E-state index in [1.165, 1.54) is 12.8 Å². The van der Waals surface area contributed by atoms with Crippen molar-refractivity contribution in [1.29, 1.82) is 0 Å². The van der Waals surface area contributed by atoms with Gasteiger partial charge in [-0.05, 0) is 50.4 Å². The fourth-order valence-corrected chi connectivity index (χ4v) is 4.36. The number of alkyl halides is 1. The summed E-state index contributed by atoms with van der Waals surface area (Å²) in [4.78, 5) is 16.5. The Balaban J connectivity index is 1.41. The SMILES string of the molecule is O=C(N1CC2(C[C@@H](CO)CN2CC2CC2)C1)C1(F)CCC1. The van der Waals surface area contributed by atoms with Gasteiger partial charge in [0.2, 0.25) is 0 Å². The monoisotopic (exact) mass is 296 g/mol. The maximum atomic E-state index is 14.3. The van der Waals surface area contributed by atoms with Crippen LogP contribution in [0.3, 0.4) is 0 Å². The molecular formula is C16H25FN2O2. The Morgan fingerprint density at radius 3 is 2.48 bits per heavy atom. The Hall–Kier alpha value is -0.680. The normalized spacial score (nSPS) is 33.8. The summed E-state index contributed by atoms with van der Waals surface area (Å²) in [5, 5.41) is 9.47. The molecule has 5 heteroatoms. The molecule has 4 nitrogen and oxygen atoms in total. The summed E-state index contributed by atoms with van der Waals surface area (Å²) in [5.41, 5.74) is -1.52. The van der Waals surface area contributed by atoms with E-state index in [1.54, 1.807) is 4.90 Å². The van der Waals surface area contributed by atoms with Crippen molar-refractivity contribution in [3.8, 4) is 0 Å². The van der Waals surface area contributed by atoms with Crippen molar-refractivity contribution in [2.24, 2.45) is 11.8 Å². The molecule has 2 saturated heterocycles. The molecule has 0 radical (unpaired) electrons. The van der Waals surface area contributed by atoms with Crippen LogP contribution < -0.4 is 0 Å². The highest BCUT2D eigenvalue weighted by Gasteiger charge is 2.58. The molecule has 118 valence electrons. The summed E-state index contributed by atoms with van der Waals surface area (Å²) in [5.74, 6) is 0.852. The molecule has 1 spiro atoms. The molecular weight excluding hydrogens is 271 g/mol. The standard InChI is InChI=1S/C16H25FN2O2/c17-16(4-1-5-16)14(21)18-10-15(11-18)6-13(9-20)8-19(15)7-12-2-3-12/h12-13,20H,1-11H2/t13-/m1/s1. The summed E-state index contributed by atoms with van der Waals surface area (Å²) in [6, 6.07) is 0. The largest absolute Gasteiger partial charge is 0.396 e. The second kappa shape index (κ2) is 4.66. The minimum atomic E-state index is -1.56. The second-order valence-corrected chi connectivity index (χ2v) is 7.81. The quantitative estimate of drug-likeness (QED) is 0.847. The minimum Gasteiger partial charge on any atom is -0.396 e. The number of aliphatic hydroxyl groups is 1. The van der Waals surface area contributed by atoms with E-state index in [1.807, 2.05) is 0 Å². The molecule has 4 rings (SSSR count). The predicted octanol–water partition coefficient (Wildman–Crippen LogP) is 1.18. The highest BCUT2D eigenvalue weighted by Crippen LogP contribution is 2.46. The van der Waals surface area contributed by atoms with Gasteiger partial charge >= 0.3 is 0 Å². The Labute approximate surface area is 125 Å². The van der Waals surface area contributed by atoms with Gasteiger partial charge < -0.3 is 10.0 Å². The van der Waals surface area contributed by atoms with Gasteiger partial charge in [0.05, 0.1) is 5.54 Å². The van der Waals surface area contributed by atoms with Crippen LogP contribution in [0, 0.1) is 11.8 Å². The number of hydrogen-bond donors (Lipinski definition) is 1. The summed E-state index contributed by atoms with van der Waals surface area (Å²) < 4.78 is 14.3. The van der Waals surface area contributed by atoms with Crippen molar-refractivity contribution < 1.29 is 14.3 Å². The molecule has 0 unspecified atom stereocenters. The number of likely N-dealkylation sites (tertiary alicyclic amines) is 2. The molecule has 4 fully saturated rings. The zero-order valence-electron chi connectivity index (χ0n) is 12.6. The van der Waals surface area contributed by atoms with E-state index in [2.05, 4.69) is 4.90 Å². The zero-order valence-corrected chi connectivity index (χ0v) is 12.6. The van der Waals surface area contributed by atoms with E-state index in [9.17, 15) is 14.3 Å². The van der Waals surface area contributed by atoms with Gasteiger partial charge in [-0.3, -0.25) is 9.69 Å². The van der Waals surface area contributed by atoms with Gasteiger partial charge in [0.1, 0.15) is 0 Å². The summed E-state index contributed by atoms with van der Waals surface area (Å²) in [6.45, 7) is 3.60. The number of rotatable bonds is 4. The fourth-order valence-electron chi connectivity index (χ4n) is 4.36. The molecule has 2 aliphatic carbocycles. The molecule has 2 aliphatic heterocycles. The van der Waals surface area contributed by atoms with Crippen LogP contribution >= 0.6 is 0 Å². The van der Waals surface area contributed by atoms with Crippen LogP contribution in [0.2, 0.25) is 0 Å². The number of carbonyl (C=O) groups is 1. The number of halogens is 1. The van der Waals surface area contributed by atoms with Gasteiger partial charge in [0.15, 0.2) is 5.67 Å². The lowest BCUT2D eigenvalue weighted by atomic mass is 9.77. The van der Waals surface area contributed by atoms with Crippen molar-refractivity contribution in [2.45, 2.75) is 49.7 Å².